The van der Waals surface area contributed by atoms with Gasteiger partial charge in [-0.05, 0) is 89.9 Å². The van der Waals surface area contributed by atoms with Crippen molar-refractivity contribution in [1.29, 1.82) is 0 Å². The summed E-state index contributed by atoms with van der Waals surface area (Å²) in [6.45, 7) is 3.54. The van der Waals surface area contributed by atoms with E-state index in [0.29, 0.717) is 6.42 Å². The van der Waals surface area contributed by atoms with E-state index in [2.05, 4.69) is 135 Å². The third-order valence-electron chi connectivity index (χ3n) is 9.86. The van der Waals surface area contributed by atoms with E-state index in [9.17, 15) is 19.0 Å². The normalized spacial score (nSPS) is 14.2. The Kier molecular flexibility index (Phi) is 47.1. The maximum atomic E-state index is 12.6. The minimum absolute atomic E-state index is 0.0404. The Morgan fingerprint density at radius 1 is 0.477 bits per heavy atom. The van der Waals surface area contributed by atoms with Gasteiger partial charge >= 0.3 is 19.8 Å². The second-order valence-electron chi connectivity index (χ2n) is 16.0. The summed E-state index contributed by atoms with van der Waals surface area (Å²) in [5.74, 6) is -0.890. The van der Waals surface area contributed by atoms with E-state index in [-0.39, 0.29) is 32.6 Å². The van der Waals surface area contributed by atoms with Crippen LogP contribution >= 0.6 is 7.82 Å². The van der Waals surface area contributed by atoms with Gasteiger partial charge in [0.25, 0.3) is 0 Å². The van der Waals surface area contributed by atoms with Gasteiger partial charge in [0.2, 0.25) is 0 Å². The smallest absolute Gasteiger partial charge is 0.462 e. The predicted molar refractivity (Wildman–Crippen MR) is 274 cm³/mol. The Labute approximate surface area is 396 Å². The van der Waals surface area contributed by atoms with E-state index in [1.165, 1.54) is 51.4 Å². The average Bonchev–Trinajstić information content (AvgIpc) is 3.30. The number of nitrogens with two attached hydrogens (primary N) is 1. The lowest BCUT2D eigenvalue weighted by Crippen LogP contribution is -2.29. The zero-order valence-electron chi connectivity index (χ0n) is 40.7. The number of phosphoric ester groups is 1. The molecule has 9 nitrogen and oxygen atoms in total. The van der Waals surface area contributed by atoms with E-state index in [1.54, 1.807) is 0 Å². The number of rotatable bonds is 45. The monoisotopic (exact) mass is 924 g/mol. The second-order valence-corrected chi connectivity index (χ2v) is 17.4. The molecule has 0 rings (SSSR count). The average molecular weight is 924 g/mol. The Morgan fingerprint density at radius 2 is 0.846 bits per heavy atom. The molecule has 65 heavy (non-hydrogen) atoms. The minimum atomic E-state index is -4.40. The molecule has 2 atom stereocenters. The quantitative estimate of drug-likeness (QED) is 0.0265. The minimum Gasteiger partial charge on any atom is -0.462 e. The van der Waals surface area contributed by atoms with Crippen LogP contribution in [-0.2, 0) is 32.7 Å². The van der Waals surface area contributed by atoms with Crippen molar-refractivity contribution in [3.63, 3.8) is 0 Å². The first kappa shape index (κ1) is 61.4. The number of ether oxygens (including phenoxy) is 2. The first-order valence-corrected chi connectivity index (χ1v) is 26.5. The molecule has 0 aromatic heterocycles. The summed E-state index contributed by atoms with van der Waals surface area (Å²) in [6, 6.07) is 0. The summed E-state index contributed by atoms with van der Waals surface area (Å²) in [4.78, 5) is 34.9. The van der Waals surface area contributed by atoms with Crippen LogP contribution in [0.15, 0.2) is 122 Å². The number of phosphoric acid groups is 1. The Morgan fingerprint density at radius 3 is 1.26 bits per heavy atom. The molecule has 0 heterocycles. The fraction of sp³-hybridized carbons (Fsp3) is 0.600. The van der Waals surface area contributed by atoms with Crippen LogP contribution in [0.2, 0.25) is 0 Å². The third kappa shape index (κ3) is 49.7. The van der Waals surface area contributed by atoms with Crippen molar-refractivity contribution in [2.45, 2.75) is 187 Å². The van der Waals surface area contributed by atoms with Crippen LogP contribution < -0.4 is 5.73 Å². The Bertz CT molecular complexity index is 1470. The molecule has 0 aliphatic rings. The SMILES string of the molecule is CC/C=C\C/C=C\C/C=C\C/C=C\C/C=C\C/C=C\C/C=C\C/C=C\C/C=C\C/C=C\CCCCC(=O)OC(COC(=O)CCCCCCCCCCCCC)COP(=O)(O)OCCN. The lowest BCUT2D eigenvalue weighted by Gasteiger charge is -2.19. The summed E-state index contributed by atoms with van der Waals surface area (Å²) in [5, 5.41) is 0. The van der Waals surface area contributed by atoms with Gasteiger partial charge in [-0.2, -0.15) is 0 Å². The van der Waals surface area contributed by atoms with Crippen molar-refractivity contribution in [2.24, 2.45) is 5.73 Å². The molecule has 0 fully saturated rings. The van der Waals surface area contributed by atoms with Gasteiger partial charge in [0.15, 0.2) is 6.10 Å². The molecule has 0 aromatic rings. The fourth-order valence-electron chi connectivity index (χ4n) is 6.19. The number of allylic oxidation sites excluding steroid dienone is 20. The maximum Gasteiger partial charge on any atom is 0.472 e. The second kappa shape index (κ2) is 49.8. The summed E-state index contributed by atoms with van der Waals surface area (Å²) in [7, 11) is -4.40. The van der Waals surface area contributed by atoms with Crippen LogP contribution in [0, 0.1) is 0 Å². The molecule has 368 valence electrons. The van der Waals surface area contributed by atoms with Gasteiger partial charge in [-0.3, -0.25) is 18.6 Å². The van der Waals surface area contributed by atoms with Crippen molar-refractivity contribution < 1.29 is 37.6 Å². The third-order valence-corrected chi connectivity index (χ3v) is 10.8. The summed E-state index contributed by atoms with van der Waals surface area (Å²) in [5.41, 5.74) is 5.35. The van der Waals surface area contributed by atoms with Crippen molar-refractivity contribution in [1.82, 2.24) is 0 Å². The zero-order chi connectivity index (χ0) is 47.4. The molecule has 0 radical (unpaired) electrons. The highest BCUT2D eigenvalue weighted by atomic mass is 31.2. The van der Waals surface area contributed by atoms with Crippen LogP contribution in [0.5, 0.6) is 0 Å². The highest BCUT2D eigenvalue weighted by Crippen LogP contribution is 2.43. The predicted octanol–water partition coefficient (Wildman–Crippen LogP) is 15.3. The highest BCUT2D eigenvalue weighted by Gasteiger charge is 2.26. The van der Waals surface area contributed by atoms with Crippen LogP contribution in [-0.4, -0.2) is 49.3 Å². The molecule has 10 heteroatoms. The number of carbonyl (C=O) groups excluding carboxylic acids is 2. The van der Waals surface area contributed by atoms with Crippen LogP contribution in [0.3, 0.4) is 0 Å². The molecule has 3 N–H and O–H groups in total. The molecule has 0 aromatic carbocycles. The van der Waals surface area contributed by atoms with E-state index < -0.39 is 32.5 Å². The molecule has 0 saturated heterocycles. The van der Waals surface area contributed by atoms with Crippen LogP contribution in [0.25, 0.3) is 0 Å². The molecule has 0 amide bonds. The van der Waals surface area contributed by atoms with Gasteiger partial charge in [0.1, 0.15) is 6.61 Å². The molecular weight excluding hydrogens is 834 g/mol. The van der Waals surface area contributed by atoms with Crippen LogP contribution in [0.1, 0.15) is 181 Å². The molecule has 2 unspecified atom stereocenters. The number of unbranched alkanes of at least 4 members (excludes halogenated alkanes) is 12. The van der Waals surface area contributed by atoms with E-state index in [0.717, 1.165) is 96.3 Å². The maximum absolute atomic E-state index is 12.6. The Balaban J connectivity index is 4.15. The molecule has 0 bridgehead atoms. The van der Waals surface area contributed by atoms with Gasteiger partial charge in [-0.25, -0.2) is 4.57 Å². The van der Waals surface area contributed by atoms with Gasteiger partial charge in [-0.1, -0.05) is 200 Å². The fourth-order valence-corrected chi connectivity index (χ4v) is 6.96. The van der Waals surface area contributed by atoms with E-state index >= 15 is 0 Å². The van der Waals surface area contributed by atoms with E-state index in [1.807, 2.05) is 0 Å². The van der Waals surface area contributed by atoms with Gasteiger partial charge in [0.05, 0.1) is 13.2 Å². The number of hydrogen-bond acceptors (Lipinski definition) is 8. The van der Waals surface area contributed by atoms with E-state index in [4.69, 9.17) is 24.3 Å². The van der Waals surface area contributed by atoms with Gasteiger partial charge < -0.3 is 20.1 Å². The largest absolute Gasteiger partial charge is 0.472 e. The number of esters is 2. The summed E-state index contributed by atoms with van der Waals surface area (Å²) < 4.78 is 32.8. The first-order valence-electron chi connectivity index (χ1n) is 25.0. The summed E-state index contributed by atoms with van der Waals surface area (Å²) in [6.07, 6.45) is 68.2. The molecule has 0 saturated carbocycles. The zero-order valence-corrected chi connectivity index (χ0v) is 41.6. The van der Waals surface area contributed by atoms with Crippen molar-refractivity contribution >= 4 is 19.8 Å². The molecular formula is C55H90NO8P. The van der Waals surface area contributed by atoms with Crippen molar-refractivity contribution in [3.05, 3.63) is 122 Å². The first-order chi connectivity index (χ1) is 31.8. The number of carbonyl (C=O) groups is 2. The van der Waals surface area contributed by atoms with Gasteiger partial charge in [-0.15, -0.1) is 0 Å². The highest BCUT2D eigenvalue weighted by molar-refractivity contribution is 7.47. The lowest BCUT2D eigenvalue weighted by atomic mass is 10.1. The van der Waals surface area contributed by atoms with Crippen molar-refractivity contribution in [3.8, 4) is 0 Å². The Hall–Kier alpha value is -3.59. The number of hydrogen-bond donors (Lipinski definition) is 2. The topological polar surface area (TPSA) is 134 Å². The standard InChI is InChI=1S/C55H90NO8P/c1-3-5-7-9-11-13-15-16-17-18-19-20-21-22-23-24-25-26-27-28-29-30-31-32-33-34-35-36-38-40-42-44-46-48-55(58)64-53(52-63-65(59,60)62-50-49-56)51-61-54(57)47-45-43-41-39-37-14-12-10-8-6-4-2/h5,7,11,13,16-17,19-20,22-23,25-26,28-29,31-32,34-35,38,40,53H,3-4,6,8-10,12,14-15,18,21,24,27,30,33,36-37,39,41-52,56H2,1-2H3,(H,59,60)/b7-5-,13-11-,17-16-,20-19-,23-22-,26-25-,29-28-,32-31-,35-34-,40-38-. The molecule has 0 aliphatic carbocycles. The molecule has 0 aliphatic heterocycles. The van der Waals surface area contributed by atoms with Crippen molar-refractivity contribution in [2.75, 3.05) is 26.4 Å². The lowest BCUT2D eigenvalue weighted by molar-refractivity contribution is -0.161. The van der Waals surface area contributed by atoms with Gasteiger partial charge in [0, 0.05) is 19.4 Å². The summed E-state index contributed by atoms with van der Waals surface area (Å²) >= 11 is 0. The molecule has 0 spiro atoms. The van der Waals surface area contributed by atoms with Crippen LogP contribution in [0.4, 0.5) is 0 Å².